The highest BCUT2D eigenvalue weighted by Crippen LogP contribution is 2.06. The summed E-state index contributed by atoms with van der Waals surface area (Å²) in [6, 6.07) is 0. The molecule has 0 spiro atoms. The number of alkyl halides is 1. The summed E-state index contributed by atoms with van der Waals surface area (Å²) in [6.45, 7) is 2.61. The van der Waals surface area contributed by atoms with Gasteiger partial charge in [0.05, 0.1) is 6.54 Å². The second kappa shape index (κ2) is 2.58. The van der Waals surface area contributed by atoms with Crippen molar-refractivity contribution in [3.8, 4) is 0 Å². The first-order chi connectivity index (χ1) is 3.56. The first-order valence-electron chi connectivity index (χ1n) is 2.29. The Kier molecular flexibility index (Phi) is 2.35. The zero-order valence-corrected chi connectivity index (χ0v) is 4.94. The number of carbonyl (C=O) groups excluding carboxylic acids is 1. The number of rotatable bonds is 2. The molecule has 46 valence electrons. The lowest BCUT2D eigenvalue weighted by Gasteiger charge is -2.06. The van der Waals surface area contributed by atoms with Crippen LogP contribution in [0.5, 0.6) is 0 Å². The van der Waals surface area contributed by atoms with Gasteiger partial charge in [0.1, 0.15) is 5.67 Å². The van der Waals surface area contributed by atoms with E-state index in [0.29, 0.717) is 0 Å². The highest BCUT2D eigenvalue weighted by atomic mass is 19.1. The maximum Gasteiger partial charge on any atom is 0.235 e. The van der Waals surface area contributed by atoms with E-state index in [1.807, 2.05) is 0 Å². The molecule has 0 atom stereocenters. The Balaban J connectivity index is 3.55. The third-order valence-electron chi connectivity index (χ3n) is 0.520. The molecule has 8 heavy (non-hydrogen) atoms. The van der Waals surface area contributed by atoms with Crippen LogP contribution in [0.25, 0.3) is 0 Å². The summed E-state index contributed by atoms with van der Waals surface area (Å²) in [5, 5.41) is 0. The van der Waals surface area contributed by atoms with Crippen molar-refractivity contribution in [3.05, 3.63) is 0 Å². The zero-order valence-electron chi connectivity index (χ0n) is 4.94. The van der Waals surface area contributed by atoms with Crippen LogP contribution in [0.2, 0.25) is 0 Å². The molecule has 0 aliphatic rings. The van der Waals surface area contributed by atoms with Crippen molar-refractivity contribution in [2.75, 3.05) is 6.54 Å². The quantitative estimate of drug-likeness (QED) is 0.393. The third kappa shape index (κ3) is 5.31. The summed E-state index contributed by atoms with van der Waals surface area (Å²) < 4.78 is 12.3. The van der Waals surface area contributed by atoms with E-state index < -0.39 is 5.67 Å². The van der Waals surface area contributed by atoms with Gasteiger partial charge in [0, 0.05) is 0 Å². The summed E-state index contributed by atoms with van der Waals surface area (Å²) in [5.41, 5.74) is -1.38. The molecule has 0 aromatic rings. The number of halogens is 1. The minimum Gasteiger partial charge on any atom is -0.242 e. The molecule has 0 radical (unpaired) electrons. The SMILES string of the molecule is CC(C)(F)CN=C=O. The van der Waals surface area contributed by atoms with Gasteiger partial charge < -0.3 is 0 Å². The van der Waals surface area contributed by atoms with Crippen molar-refractivity contribution in [2.24, 2.45) is 4.99 Å². The zero-order chi connectivity index (χ0) is 6.62. The predicted molar refractivity (Wildman–Crippen MR) is 28.2 cm³/mol. The molecule has 0 saturated heterocycles. The molecule has 0 aromatic heterocycles. The standard InChI is InChI=1S/C5H8FNO/c1-5(2,6)3-7-4-8/h3H2,1-2H3. The molecule has 0 aromatic carbocycles. The van der Waals surface area contributed by atoms with Crippen LogP contribution in [0.4, 0.5) is 4.39 Å². The number of hydrogen-bond acceptors (Lipinski definition) is 2. The molecule has 0 bridgehead atoms. The minimum atomic E-state index is -1.38. The van der Waals surface area contributed by atoms with Gasteiger partial charge in [-0.15, -0.1) is 0 Å². The Hall–Kier alpha value is -0.690. The van der Waals surface area contributed by atoms with Crippen LogP contribution in [0, 0.1) is 0 Å². The number of isocyanates is 1. The third-order valence-corrected chi connectivity index (χ3v) is 0.520. The molecule has 0 fully saturated rings. The van der Waals surface area contributed by atoms with E-state index in [9.17, 15) is 9.18 Å². The van der Waals surface area contributed by atoms with Gasteiger partial charge in [0.2, 0.25) is 6.08 Å². The smallest absolute Gasteiger partial charge is 0.235 e. The lowest BCUT2D eigenvalue weighted by atomic mass is 10.2. The van der Waals surface area contributed by atoms with E-state index in [1.54, 1.807) is 0 Å². The van der Waals surface area contributed by atoms with Gasteiger partial charge in [-0.3, -0.25) is 0 Å². The van der Waals surface area contributed by atoms with Crippen molar-refractivity contribution in [1.29, 1.82) is 0 Å². The average Bonchev–Trinajstić information content (AvgIpc) is 1.59. The van der Waals surface area contributed by atoms with E-state index in [1.165, 1.54) is 19.9 Å². The van der Waals surface area contributed by atoms with Gasteiger partial charge in [-0.25, -0.2) is 14.2 Å². The maximum absolute atomic E-state index is 12.3. The lowest BCUT2D eigenvalue weighted by molar-refractivity contribution is 0.228. The topological polar surface area (TPSA) is 29.4 Å². The first kappa shape index (κ1) is 7.31. The second-order valence-corrected chi connectivity index (χ2v) is 2.13. The largest absolute Gasteiger partial charge is 0.242 e. The van der Waals surface area contributed by atoms with Crippen LogP contribution >= 0.6 is 0 Å². The normalized spacial score (nSPS) is 10.4. The monoisotopic (exact) mass is 117 g/mol. The van der Waals surface area contributed by atoms with Gasteiger partial charge in [0.15, 0.2) is 0 Å². The molecule has 0 N–H and O–H groups in total. The minimum absolute atomic E-state index is 0.101. The lowest BCUT2D eigenvalue weighted by Crippen LogP contribution is -2.15. The van der Waals surface area contributed by atoms with Crippen molar-refractivity contribution < 1.29 is 9.18 Å². The molecule has 0 unspecified atom stereocenters. The van der Waals surface area contributed by atoms with Gasteiger partial charge in [-0.05, 0) is 13.8 Å². The van der Waals surface area contributed by atoms with Crippen LogP contribution < -0.4 is 0 Å². The maximum atomic E-state index is 12.3. The average molecular weight is 117 g/mol. The Bertz CT molecular complexity index is 110. The fourth-order valence-corrected chi connectivity index (χ4v) is 0.220. The molecule has 0 amide bonds. The van der Waals surface area contributed by atoms with Crippen LogP contribution in [0.3, 0.4) is 0 Å². The van der Waals surface area contributed by atoms with Crippen molar-refractivity contribution in [1.82, 2.24) is 0 Å². The van der Waals surface area contributed by atoms with Crippen molar-refractivity contribution in [2.45, 2.75) is 19.5 Å². The van der Waals surface area contributed by atoms with E-state index in [2.05, 4.69) is 4.99 Å². The summed E-state index contributed by atoms with van der Waals surface area (Å²) >= 11 is 0. The highest BCUT2D eigenvalue weighted by molar-refractivity contribution is 5.33. The number of nitrogens with zero attached hydrogens (tertiary/aromatic N) is 1. The molecule has 0 aliphatic carbocycles. The van der Waals surface area contributed by atoms with Crippen LogP contribution in [-0.4, -0.2) is 18.3 Å². The summed E-state index contributed by atoms with van der Waals surface area (Å²) in [7, 11) is 0. The molecule has 0 rings (SSSR count). The summed E-state index contributed by atoms with van der Waals surface area (Å²) in [5.74, 6) is 0. The summed E-state index contributed by atoms with van der Waals surface area (Å²) in [6.07, 6.45) is 1.26. The van der Waals surface area contributed by atoms with Crippen molar-refractivity contribution >= 4 is 6.08 Å². The van der Waals surface area contributed by atoms with Gasteiger partial charge in [-0.2, -0.15) is 0 Å². The molecule has 0 saturated carbocycles. The number of aliphatic imine (C=N–C) groups is 1. The van der Waals surface area contributed by atoms with Gasteiger partial charge in [-0.1, -0.05) is 0 Å². The predicted octanol–water partition coefficient (Wildman–Crippen LogP) is 1.07. The van der Waals surface area contributed by atoms with E-state index >= 15 is 0 Å². The van der Waals surface area contributed by atoms with E-state index in [4.69, 9.17) is 0 Å². The first-order valence-corrected chi connectivity index (χ1v) is 2.29. The van der Waals surface area contributed by atoms with E-state index in [-0.39, 0.29) is 6.54 Å². The molecule has 0 aliphatic heterocycles. The Morgan fingerprint density at radius 3 is 2.38 bits per heavy atom. The summed E-state index contributed by atoms with van der Waals surface area (Å²) in [4.78, 5) is 12.5. The van der Waals surface area contributed by atoms with Crippen molar-refractivity contribution in [3.63, 3.8) is 0 Å². The molecule has 2 nitrogen and oxygen atoms in total. The fraction of sp³-hybridized carbons (Fsp3) is 0.800. The molecular weight excluding hydrogens is 109 g/mol. The fourth-order valence-electron chi connectivity index (χ4n) is 0.220. The van der Waals surface area contributed by atoms with E-state index in [0.717, 1.165) is 0 Å². The molecule has 3 heteroatoms. The van der Waals surface area contributed by atoms with Gasteiger partial charge in [0.25, 0.3) is 0 Å². The Morgan fingerprint density at radius 1 is 1.75 bits per heavy atom. The van der Waals surface area contributed by atoms with Crippen LogP contribution in [0.15, 0.2) is 4.99 Å². The second-order valence-electron chi connectivity index (χ2n) is 2.13. The molecule has 0 heterocycles. The van der Waals surface area contributed by atoms with Crippen LogP contribution in [0.1, 0.15) is 13.8 Å². The van der Waals surface area contributed by atoms with Crippen LogP contribution in [-0.2, 0) is 4.79 Å². The Labute approximate surface area is 47.4 Å². The highest BCUT2D eigenvalue weighted by Gasteiger charge is 2.13. The Morgan fingerprint density at radius 2 is 2.25 bits per heavy atom. The number of hydrogen-bond donors (Lipinski definition) is 0. The van der Waals surface area contributed by atoms with Gasteiger partial charge >= 0.3 is 0 Å². The molecular formula is C5H8FNO.